The Hall–Kier alpha value is -2.00. The molecule has 0 radical (unpaired) electrons. The van der Waals surface area contributed by atoms with Crippen LogP contribution in [0.3, 0.4) is 0 Å². The van der Waals surface area contributed by atoms with Gasteiger partial charge < -0.3 is 23.9 Å². The molecule has 30 heavy (non-hydrogen) atoms. The maximum Gasteiger partial charge on any atom is 0.225 e. The lowest BCUT2D eigenvalue weighted by molar-refractivity contribution is -0.00584. The summed E-state index contributed by atoms with van der Waals surface area (Å²) >= 11 is 0. The minimum Gasteiger partial charge on any atom is -0.462 e. The van der Waals surface area contributed by atoms with Crippen LogP contribution >= 0.6 is 0 Å². The van der Waals surface area contributed by atoms with Crippen LogP contribution in [-0.4, -0.2) is 65.0 Å². The van der Waals surface area contributed by atoms with E-state index in [1.807, 2.05) is 18.3 Å². The number of nitrogens with zero attached hydrogens (tertiary/aromatic N) is 4. The summed E-state index contributed by atoms with van der Waals surface area (Å²) in [5.41, 5.74) is 2.13. The molecule has 0 saturated carbocycles. The highest BCUT2D eigenvalue weighted by molar-refractivity contribution is 5.39. The van der Waals surface area contributed by atoms with Gasteiger partial charge in [-0.1, -0.05) is 0 Å². The third kappa shape index (κ3) is 3.73. The standard InChI is InChI=1S/C22H30N4O4/c1-15-8-26(9-16(2)29-15)21-23-7-17-12-28-14-22(20(17)24-21)5-6-25(13-22)10-18-3-4-19(11-27)30-18/h3-4,7,15-16,27H,5-6,8-14H2,1-2H3/t15-,16+,22-/m0/s1. The molecule has 3 atom stereocenters. The topological polar surface area (TPSA) is 84.1 Å². The Morgan fingerprint density at radius 1 is 1.20 bits per heavy atom. The fourth-order valence-electron chi connectivity index (χ4n) is 5.10. The van der Waals surface area contributed by atoms with Gasteiger partial charge in [0.15, 0.2) is 0 Å². The summed E-state index contributed by atoms with van der Waals surface area (Å²) in [4.78, 5) is 14.4. The largest absolute Gasteiger partial charge is 0.462 e. The Bertz CT molecular complexity index is 893. The van der Waals surface area contributed by atoms with Gasteiger partial charge in [-0.3, -0.25) is 4.90 Å². The van der Waals surface area contributed by atoms with E-state index >= 15 is 0 Å². The highest BCUT2D eigenvalue weighted by Crippen LogP contribution is 2.40. The fraction of sp³-hybridized carbons (Fsp3) is 0.636. The van der Waals surface area contributed by atoms with Gasteiger partial charge in [-0.15, -0.1) is 0 Å². The van der Waals surface area contributed by atoms with Gasteiger partial charge in [-0.05, 0) is 38.9 Å². The van der Waals surface area contributed by atoms with Crippen LogP contribution in [0.15, 0.2) is 22.7 Å². The SMILES string of the molecule is C[C@@H]1CN(c2ncc3c(n2)[C@]2(CCN(Cc4ccc(CO)o4)C2)COC3)C[C@H](C)O1. The summed E-state index contributed by atoms with van der Waals surface area (Å²) in [7, 11) is 0. The molecule has 8 heteroatoms. The summed E-state index contributed by atoms with van der Waals surface area (Å²) in [5, 5.41) is 9.24. The predicted octanol–water partition coefficient (Wildman–Crippen LogP) is 1.85. The zero-order valence-corrected chi connectivity index (χ0v) is 17.7. The van der Waals surface area contributed by atoms with Crippen LogP contribution in [0.5, 0.6) is 0 Å². The Morgan fingerprint density at radius 3 is 2.77 bits per heavy atom. The van der Waals surface area contributed by atoms with Crippen molar-refractivity contribution >= 4 is 5.95 Å². The van der Waals surface area contributed by atoms with Crippen molar-refractivity contribution in [3.05, 3.63) is 41.1 Å². The molecule has 1 spiro atoms. The second-order valence-electron chi connectivity index (χ2n) is 8.97. The van der Waals surface area contributed by atoms with Crippen LogP contribution in [0, 0.1) is 0 Å². The normalized spacial score (nSPS) is 29.5. The first kappa shape index (κ1) is 19.9. The van der Waals surface area contributed by atoms with Crippen LogP contribution in [-0.2, 0) is 34.6 Å². The number of rotatable bonds is 4. The molecule has 8 nitrogen and oxygen atoms in total. The van der Waals surface area contributed by atoms with E-state index < -0.39 is 0 Å². The monoisotopic (exact) mass is 414 g/mol. The average Bonchev–Trinajstić information content (AvgIpc) is 3.35. The van der Waals surface area contributed by atoms with Crippen molar-refractivity contribution in [3.8, 4) is 0 Å². The van der Waals surface area contributed by atoms with Gasteiger partial charge in [0, 0.05) is 31.4 Å². The molecule has 2 aromatic heterocycles. The Balaban J connectivity index is 1.37. The molecular formula is C22H30N4O4. The summed E-state index contributed by atoms with van der Waals surface area (Å²) in [6.45, 7) is 9.58. The molecule has 0 unspecified atom stereocenters. The summed E-state index contributed by atoms with van der Waals surface area (Å²) in [6, 6.07) is 3.78. The number of hydrogen-bond donors (Lipinski definition) is 1. The van der Waals surface area contributed by atoms with Crippen LogP contribution < -0.4 is 4.90 Å². The number of hydrogen-bond acceptors (Lipinski definition) is 8. The van der Waals surface area contributed by atoms with E-state index in [0.717, 1.165) is 62.1 Å². The van der Waals surface area contributed by atoms with Gasteiger partial charge in [0.2, 0.25) is 5.95 Å². The van der Waals surface area contributed by atoms with Crippen molar-refractivity contribution in [3.63, 3.8) is 0 Å². The van der Waals surface area contributed by atoms with Crippen molar-refractivity contribution < 1.29 is 19.0 Å². The van der Waals surface area contributed by atoms with E-state index in [1.165, 1.54) is 0 Å². The molecule has 5 rings (SSSR count). The average molecular weight is 415 g/mol. The summed E-state index contributed by atoms with van der Waals surface area (Å²) in [6.07, 6.45) is 3.29. The smallest absolute Gasteiger partial charge is 0.225 e. The van der Waals surface area contributed by atoms with Crippen LogP contribution in [0.25, 0.3) is 0 Å². The van der Waals surface area contributed by atoms with E-state index in [0.29, 0.717) is 19.0 Å². The van der Waals surface area contributed by atoms with Crippen LogP contribution in [0.2, 0.25) is 0 Å². The van der Waals surface area contributed by atoms with E-state index in [1.54, 1.807) is 0 Å². The maximum atomic E-state index is 9.24. The quantitative estimate of drug-likeness (QED) is 0.812. The minimum atomic E-state index is -0.110. The first-order valence-electron chi connectivity index (χ1n) is 10.8. The van der Waals surface area contributed by atoms with E-state index in [9.17, 15) is 5.11 Å². The number of anilines is 1. The van der Waals surface area contributed by atoms with Gasteiger partial charge >= 0.3 is 0 Å². The molecule has 5 heterocycles. The minimum absolute atomic E-state index is 0.0658. The molecule has 3 aliphatic heterocycles. The third-order valence-corrected chi connectivity index (χ3v) is 6.38. The summed E-state index contributed by atoms with van der Waals surface area (Å²) in [5.74, 6) is 2.29. The Labute approximate surface area is 176 Å². The Morgan fingerprint density at radius 2 is 2.00 bits per heavy atom. The lowest BCUT2D eigenvalue weighted by atomic mass is 9.80. The van der Waals surface area contributed by atoms with Gasteiger partial charge in [-0.2, -0.15) is 0 Å². The van der Waals surface area contributed by atoms with Gasteiger partial charge in [0.05, 0.1) is 43.1 Å². The lowest BCUT2D eigenvalue weighted by Crippen LogP contribution is -2.47. The number of morpholine rings is 1. The zero-order valence-electron chi connectivity index (χ0n) is 17.7. The van der Waals surface area contributed by atoms with Crippen molar-refractivity contribution in [2.75, 3.05) is 37.7 Å². The van der Waals surface area contributed by atoms with Crippen molar-refractivity contribution in [1.29, 1.82) is 0 Å². The summed E-state index contributed by atoms with van der Waals surface area (Å²) < 4.78 is 17.5. The predicted molar refractivity (Wildman–Crippen MR) is 110 cm³/mol. The molecule has 3 aliphatic rings. The van der Waals surface area contributed by atoms with E-state index in [-0.39, 0.29) is 24.2 Å². The van der Waals surface area contributed by atoms with Crippen molar-refractivity contribution in [2.24, 2.45) is 0 Å². The first-order valence-corrected chi connectivity index (χ1v) is 10.8. The molecule has 0 amide bonds. The number of aromatic nitrogens is 2. The number of aliphatic hydroxyl groups is 1. The molecule has 1 N–H and O–H groups in total. The third-order valence-electron chi connectivity index (χ3n) is 6.38. The number of furan rings is 1. The number of aliphatic hydroxyl groups excluding tert-OH is 1. The number of likely N-dealkylation sites (tertiary alicyclic amines) is 1. The maximum absolute atomic E-state index is 9.24. The van der Waals surface area contributed by atoms with Gasteiger partial charge in [0.25, 0.3) is 0 Å². The number of ether oxygens (including phenoxy) is 2. The fourth-order valence-corrected chi connectivity index (χ4v) is 5.10. The first-order chi connectivity index (χ1) is 14.5. The van der Waals surface area contributed by atoms with Crippen LogP contribution in [0.1, 0.15) is 43.0 Å². The molecule has 2 saturated heterocycles. The highest BCUT2D eigenvalue weighted by Gasteiger charge is 2.45. The second-order valence-corrected chi connectivity index (χ2v) is 8.97. The second kappa shape index (κ2) is 7.92. The molecule has 162 valence electrons. The van der Waals surface area contributed by atoms with Crippen molar-refractivity contribution in [2.45, 2.75) is 57.6 Å². The van der Waals surface area contributed by atoms with E-state index in [4.69, 9.17) is 18.9 Å². The molecule has 2 fully saturated rings. The Kier molecular flexibility index (Phi) is 5.26. The molecule has 0 bridgehead atoms. The van der Waals surface area contributed by atoms with Gasteiger partial charge in [0.1, 0.15) is 18.1 Å². The molecule has 2 aromatic rings. The lowest BCUT2D eigenvalue weighted by Gasteiger charge is -2.38. The molecule has 0 aliphatic carbocycles. The van der Waals surface area contributed by atoms with Crippen LogP contribution in [0.4, 0.5) is 5.95 Å². The molecule has 0 aromatic carbocycles. The van der Waals surface area contributed by atoms with Crippen molar-refractivity contribution in [1.82, 2.24) is 14.9 Å². The highest BCUT2D eigenvalue weighted by atomic mass is 16.5. The molecular weight excluding hydrogens is 384 g/mol. The zero-order chi connectivity index (χ0) is 20.7. The van der Waals surface area contributed by atoms with Gasteiger partial charge in [-0.25, -0.2) is 9.97 Å². The number of fused-ring (bicyclic) bond motifs is 2. The van der Waals surface area contributed by atoms with E-state index in [2.05, 4.69) is 28.6 Å².